The lowest BCUT2D eigenvalue weighted by atomic mass is 9.98. The van der Waals surface area contributed by atoms with Gasteiger partial charge in [0, 0.05) is 28.5 Å². The van der Waals surface area contributed by atoms with Crippen LogP contribution in [0.5, 0.6) is 0 Å². The number of carboxylic acid groups (broad SMARTS) is 1. The summed E-state index contributed by atoms with van der Waals surface area (Å²) in [6, 6.07) is 19.0. The summed E-state index contributed by atoms with van der Waals surface area (Å²) in [5.41, 5.74) is 3.12. The molecule has 2 aromatic carbocycles. The molecule has 0 aromatic heterocycles. The molecule has 0 saturated heterocycles. The normalized spacial score (nSPS) is 15.5. The van der Waals surface area contributed by atoms with Gasteiger partial charge in [0.2, 0.25) is 5.91 Å². The molecule has 1 amide bonds. The molecule has 0 aliphatic heterocycles. The molecule has 1 aliphatic carbocycles. The molecule has 3 rings (SSSR count). The Balaban J connectivity index is 1.31. The number of hydrogen-bond donors (Lipinski definition) is 2. The summed E-state index contributed by atoms with van der Waals surface area (Å²) in [7, 11) is 0. The van der Waals surface area contributed by atoms with Gasteiger partial charge in [0.1, 0.15) is 0 Å². The topological polar surface area (TPSA) is 66.4 Å². The van der Waals surface area contributed by atoms with E-state index >= 15 is 0 Å². The van der Waals surface area contributed by atoms with Crippen molar-refractivity contribution >= 4 is 35.2 Å². The highest BCUT2D eigenvalue weighted by Crippen LogP contribution is 2.27. The number of carbonyl (C=O) groups is 2. The van der Waals surface area contributed by atoms with Gasteiger partial charge in [0.25, 0.3) is 0 Å². The minimum atomic E-state index is -0.985. The number of allylic oxidation sites excluding steroid dienone is 3. The monoisotopic (exact) mass is 483 g/mol. The minimum Gasteiger partial charge on any atom is -0.481 e. The lowest BCUT2D eigenvalue weighted by Gasteiger charge is -2.18. The van der Waals surface area contributed by atoms with Crippen molar-refractivity contribution in [2.24, 2.45) is 5.92 Å². The van der Waals surface area contributed by atoms with Crippen LogP contribution in [0.4, 0.5) is 0 Å². The third kappa shape index (κ3) is 8.75. The molecule has 2 N–H and O–H groups in total. The Morgan fingerprint density at radius 3 is 2.39 bits per heavy atom. The number of aliphatic carboxylic acids is 1. The zero-order valence-corrected chi connectivity index (χ0v) is 20.2. The molecular formula is C27H30ClNO3S. The van der Waals surface area contributed by atoms with Crippen LogP contribution in [-0.4, -0.2) is 22.7 Å². The summed E-state index contributed by atoms with van der Waals surface area (Å²) in [4.78, 5) is 24.8. The first kappa shape index (κ1) is 25.1. The van der Waals surface area contributed by atoms with Crippen molar-refractivity contribution in [3.63, 3.8) is 0 Å². The fourth-order valence-corrected chi connectivity index (χ4v) is 4.82. The van der Waals surface area contributed by atoms with E-state index in [2.05, 4.69) is 59.9 Å². The zero-order valence-electron chi connectivity index (χ0n) is 18.6. The smallest absolute Gasteiger partial charge is 0.312 e. The molecule has 0 bridgehead atoms. The van der Waals surface area contributed by atoms with Crippen LogP contribution in [0.3, 0.4) is 0 Å². The number of hydrogen-bond acceptors (Lipinski definition) is 3. The molecule has 0 radical (unpaired) electrons. The highest BCUT2D eigenvalue weighted by Gasteiger charge is 2.25. The van der Waals surface area contributed by atoms with Crippen molar-refractivity contribution in [3.05, 3.63) is 88.6 Å². The van der Waals surface area contributed by atoms with E-state index in [0.29, 0.717) is 18.5 Å². The third-order valence-electron chi connectivity index (χ3n) is 5.58. The number of amides is 1. The predicted molar refractivity (Wildman–Crippen MR) is 135 cm³/mol. The summed E-state index contributed by atoms with van der Waals surface area (Å²) in [5.74, 6) is -0.783. The lowest BCUT2D eigenvalue weighted by Crippen LogP contribution is -2.27. The Morgan fingerprint density at radius 1 is 0.939 bits per heavy atom. The van der Waals surface area contributed by atoms with Gasteiger partial charge in [-0.3, -0.25) is 9.59 Å². The summed E-state index contributed by atoms with van der Waals surface area (Å²) in [6.45, 7) is 0. The maximum absolute atomic E-state index is 12.3. The van der Waals surface area contributed by atoms with E-state index in [-0.39, 0.29) is 17.4 Å². The number of aryl methyl sites for hydroxylation is 2. The van der Waals surface area contributed by atoms with Crippen LogP contribution in [-0.2, 0) is 22.4 Å². The molecule has 0 fully saturated rings. The Hall–Kier alpha value is -2.50. The Bertz CT molecular complexity index is 986. The van der Waals surface area contributed by atoms with Crippen LogP contribution >= 0.6 is 23.4 Å². The van der Waals surface area contributed by atoms with Crippen LogP contribution in [0.25, 0.3) is 0 Å². The second-order valence-electron chi connectivity index (χ2n) is 8.18. The predicted octanol–water partition coefficient (Wildman–Crippen LogP) is 6.35. The van der Waals surface area contributed by atoms with E-state index in [1.807, 2.05) is 11.8 Å². The number of halogens is 1. The molecule has 1 atom stereocenters. The number of nitrogens with one attached hydrogen (secondary N) is 1. The van der Waals surface area contributed by atoms with Crippen molar-refractivity contribution in [1.29, 1.82) is 0 Å². The van der Waals surface area contributed by atoms with Gasteiger partial charge in [0.05, 0.1) is 5.92 Å². The highest BCUT2D eigenvalue weighted by molar-refractivity contribution is 7.99. The van der Waals surface area contributed by atoms with E-state index in [0.717, 1.165) is 17.7 Å². The van der Waals surface area contributed by atoms with E-state index < -0.39 is 11.9 Å². The van der Waals surface area contributed by atoms with Gasteiger partial charge in [0.15, 0.2) is 0 Å². The first-order chi connectivity index (χ1) is 16.0. The van der Waals surface area contributed by atoms with E-state index in [4.69, 9.17) is 11.6 Å². The second-order valence-corrected chi connectivity index (χ2v) is 9.78. The Kier molecular flexibility index (Phi) is 10.1. The Morgan fingerprint density at radius 2 is 1.67 bits per heavy atom. The molecule has 1 aliphatic rings. The summed E-state index contributed by atoms with van der Waals surface area (Å²) < 4.78 is 0. The fraction of sp³-hybridized carbons (Fsp3) is 0.333. The van der Waals surface area contributed by atoms with Gasteiger partial charge in [-0.15, -0.1) is 11.8 Å². The molecule has 0 heterocycles. The van der Waals surface area contributed by atoms with Crippen LogP contribution in [0.1, 0.15) is 43.2 Å². The maximum atomic E-state index is 12.3. The van der Waals surface area contributed by atoms with Gasteiger partial charge in [-0.1, -0.05) is 60.5 Å². The summed E-state index contributed by atoms with van der Waals surface area (Å²) in [6.07, 6.45) is 9.22. The van der Waals surface area contributed by atoms with Crippen molar-refractivity contribution in [3.8, 4) is 0 Å². The number of carboxylic acids is 1. The summed E-state index contributed by atoms with van der Waals surface area (Å²) >= 11 is 7.81. The molecule has 0 spiro atoms. The summed E-state index contributed by atoms with van der Waals surface area (Å²) in [5, 5.41) is 12.3. The van der Waals surface area contributed by atoms with Gasteiger partial charge in [-0.2, -0.15) is 0 Å². The SMILES string of the molecule is O=C(CCc1ccc(SCCCCCc2ccccc2)cc1)NC1=CC=C(Cl)C(C(=O)O)C1. The van der Waals surface area contributed by atoms with E-state index in [1.165, 1.54) is 29.7 Å². The number of carbonyl (C=O) groups excluding carboxylic acids is 1. The van der Waals surface area contributed by atoms with Gasteiger partial charge >= 0.3 is 5.97 Å². The van der Waals surface area contributed by atoms with Crippen molar-refractivity contribution in [1.82, 2.24) is 5.32 Å². The largest absolute Gasteiger partial charge is 0.481 e. The number of thioether (sulfide) groups is 1. The third-order valence-corrected chi connectivity index (χ3v) is 7.07. The molecule has 6 heteroatoms. The minimum absolute atomic E-state index is 0.120. The van der Waals surface area contributed by atoms with Crippen molar-refractivity contribution in [2.75, 3.05) is 5.75 Å². The van der Waals surface area contributed by atoms with E-state index in [1.54, 1.807) is 12.2 Å². The quantitative estimate of drug-likeness (QED) is 0.272. The average Bonchev–Trinajstić information content (AvgIpc) is 2.82. The van der Waals surface area contributed by atoms with Crippen LogP contribution < -0.4 is 5.32 Å². The first-order valence-electron chi connectivity index (χ1n) is 11.4. The fourth-order valence-electron chi connectivity index (χ4n) is 3.67. The molecule has 2 aromatic rings. The highest BCUT2D eigenvalue weighted by atomic mass is 35.5. The first-order valence-corrected chi connectivity index (χ1v) is 12.7. The molecule has 1 unspecified atom stereocenters. The zero-order chi connectivity index (χ0) is 23.5. The Labute approximate surface area is 205 Å². The van der Waals surface area contributed by atoms with Gasteiger partial charge < -0.3 is 10.4 Å². The standard InChI is InChI=1S/C27H30ClNO3S/c28-25-16-13-22(19-24(25)27(31)32)29-26(30)17-12-21-10-14-23(15-11-21)33-18-6-2-5-9-20-7-3-1-4-8-20/h1,3-4,7-8,10-11,13-16,24H,2,5-6,9,12,17-19H2,(H,29,30)(H,31,32). The maximum Gasteiger partial charge on any atom is 0.312 e. The van der Waals surface area contributed by atoms with Gasteiger partial charge in [-0.05, 0) is 66.8 Å². The van der Waals surface area contributed by atoms with Crippen LogP contribution in [0.2, 0.25) is 0 Å². The van der Waals surface area contributed by atoms with Crippen molar-refractivity contribution in [2.45, 2.75) is 49.8 Å². The molecule has 174 valence electrons. The molecule has 33 heavy (non-hydrogen) atoms. The second kappa shape index (κ2) is 13.3. The van der Waals surface area contributed by atoms with Crippen LogP contribution in [0, 0.1) is 5.92 Å². The van der Waals surface area contributed by atoms with Gasteiger partial charge in [-0.25, -0.2) is 0 Å². The lowest BCUT2D eigenvalue weighted by molar-refractivity contribution is -0.140. The molecule has 0 saturated carbocycles. The van der Waals surface area contributed by atoms with E-state index in [9.17, 15) is 14.7 Å². The van der Waals surface area contributed by atoms with Crippen molar-refractivity contribution < 1.29 is 14.7 Å². The number of benzene rings is 2. The molecular weight excluding hydrogens is 454 g/mol. The van der Waals surface area contributed by atoms with Crippen LogP contribution in [0.15, 0.2) is 82.4 Å². The average molecular weight is 484 g/mol. The number of rotatable bonds is 12. The molecule has 4 nitrogen and oxygen atoms in total. The number of unbranched alkanes of at least 4 members (excludes halogenated alkanes) is 2.